The number of nitrogen functional groups attached to an aromatic ring is 1. The van der Waals surface area contributed by atoms with Crippen LogP contribution < -0.4 is 16.8 Å². The van der Waals surface area contributed by atoms with Gasteiger partial charge in [-0.25, -0.2) is 0 Å². The fraction of sp³-hybridized carbons (Fsp3) is 0.273. The normalized spacial score (nSPS) is 9.71. The molecule has 0 fully saturated rings. The van der Waals surface area contributed by atoms with Gasteiger partial charge in [0, 0.05) is 12.1 Å². The van der Waals surface area contributed by atoms with E-state index in [-0.39, 0.29) is 12.4 Å². The van der Waals surface area contributed by atoms with Crippen molar-refractivity contribution in [2.45, 2.75) is 6.42 Å². The largest absolute Gasteiger partial charge is 0.469 e. The minimum absolute atomic E-state index is 0.219. The van der Waals surface area contributed by atoms with Gasteiger partial charge in [-0.3, -0.25) is 9.59 Å². The lowest BCUT2D eigenvalue weighted by molar-refractivity contribution is -0.140. The number of hydrogen-bond acceptors (Lipinski definition) is 5. The molecule has 0 aromatic heterocycles. The number of primary amides is 1. The van der Waals surface area contributed by atoms with E-state index < -0.39 is 5.91 Å². The molecule has 0 aliphatic rings. The zero-order valence-electron chi connectivity index (χ0n) is 9.53. The summed E-state index contributed by atoms with van der Waals surface area (Å²) in [4.78, 5) is 21.9. The van der Waals surface area contributed by atoms with Gasteiger partial charge in [0.15, 0.2) is 0 Å². The molecule has 92 valence electrons. The summed E-state index contributed by atoms with van der Waals surface area (Å²) in [7, 11) is 1.32. The Balaban J connectivity index is 2.66. The van der Waals surface area contributed by atoms with Crippen LogP contribution in [0.1, 0.15) is 16.8 Å². The Morgan fingerprint density at radius 3 is 2.71 bits per heavy atom. The molecule has 0 saturated heterocycles. The van der Waals surface area contributed by atoms with E-state index in [4.69, 9.17) is 11.5 Å². The number of amides is 1. The fourth-order valence-corrected chi connectivity index (χ4v) is 1.26. The van der Waals surface area contributed by atoms with E-state index in [1.807, 2.05) is 0 Å². The molecule has 0 radical (unpaired) electrons. The molecule has 0 bridgehead atoms. The van der Waals surface area contributed by atoms with E-state index in [2.05, 4.69) is 10.1 Å². The third kappa shape index (κ3) is 3.67. The van der Waals surface area contributed by atoms with Crippen molar-refractivity contribution < 1.29 is 14.3 Å². The number of methoxy groups -OCH3 is 1. The highest BCUT2D eigenvalue weighted by atomic mass is 16.5. The van der Waals surface area contributed by atoms with Crippen LogP contribution in [0.3, 0.4) is 0 Å². The van der Waals surface area contributed by atoms with Crippen molar-refractivity contribution in [3.8, 4) is 0 Å². The number of nitrogens with two attached hydrogens (primary N) is 2. The maximum Gasteiger partial charge on any atom is 0.307 e. The van der Waals surface area contributed by atoms with Gasteiger partial charge in [-0.2, -0.15) is 0 Å². The Labute approximate surface area is 98.9 Å². The number of benzene rings is 1. The summed E-state index contributed by atoms with van der Waals surface area (Å²) in [5, 5.41) is 2.94. The summed E-state index contributed by atoms with van der Waals surface area (Å²) >= 11 is 0. The number of rotatable bonds is 5. The van der Waals surface area contributed by atoms with Crippen LogP contribution in [0.25, 0.3) is 0 Å². The van der Waals surface area contributed by atoms with Crippen molar-refractivity contribution in [2.24, 2.45) is 5.73 Å². The summed E-state index contributed by atoms with van der Waals surface area (Å²) in [6.45, 7) is 0.374. The van der Waals surface area contributed by atoms with Crippen molar-refractivity contribution in [1.29, 1.82) is 0 Å². The minimum atomic E-state index is -0.527. The van der Waals surface area contributed by atoms with Gasteiger partial charge in [0.1, 0.15) is 0 Å². The Morgan fingerprint density at radius 2 is 2.12 bits per heavy atom. The Morgan fingerprint density at radius 1 is 1.41 bits per heavy atom. The zero-order chi connectivity index (χ0) is 12.8. The van der Waals surface area contributed by atoms with Gasteiger partial charge in [-0.1, -0.05) is 0 Å². The monoisotopic (exact) mass is 237 g/mol. The molecule has 0 aliphatic heterocycles. The topological polar surface area (TPSA) is 107 Å². The van der Waals surface area contributed by atoms with Crippen LogP contribution in [0, 0.1) is 0 Å². The van der Waals surface area contributed by atoms with E-state index in [1.165, 1.54) is 7.11 Å². The zero-order valence-corrected chi connectivity index (χ0v) is 9.53. The molecule has 5 N–H and O–H groups in total. The molecule has 1 amide bonds. The lowest BCUT2D eigenvalue weighted by atomic mass is 10.1. The SMILES string of the molecule is COC(=O)CCNc1cc(C(N)=O)ccc1N. The average Bonchev–Trinajstić information content (AvgIpc) is 2.30. The molecule has 0 heterocycles. The lowest BCUT2D eigenvalue weighted by Crippen LogP contribution is -2.14. The lowest BCUT2D eigenvalue weighted by Gasteiger charge is -2.09. The van der Waals surface area contributed by atoms with E-state index in [1.54, 1.807) is 18.2 Å². The van der Waals surface area contributed by atoms with Crippen molar-refractivity contribution in [2.75, 3.05) is 24.7 Å². The predicted molar refractivity (Wildman–Crippen MR) is 64.5 cm³/mol. The van der Waals surface area contributed by atoms with Crippen LogP contribution in [-0.4, -0.2) is 25.5 Å². The minimum Gasteiger partial charge on any atom is -0.469 e. The molecule has 1 rings (SSSR count). The summed E-state index contributed by atoms with van der Waals surface area (Å²) in [5.74, 6) is -0.844. The number of esters is 1. The molecular formula is C11H15N3O3. The number of hydrogen-bond donors (Lipinski definition) is 3. The molecule has 6 nitrogen and oxygen atoms in total. The van der Waals surface area contributed by atoms with Gasteiger partial charge >= 0.3 is 5.97 Å². The summed E-state index contributed by atoms with van der Waals surface area (Å²) in [5.41, 5.74) is 12.3. The number of ether oxygens (including phenoxy) is 1. The third-order valence-corrected chi connectivity index (χ3v) is 2.21. The van der Waals surface area contributed by atoms with Crippen molar-refractivity contribution >= 4 is 23.3 Å². The van der Waals surface area contributed by atoms with E-state index in [0.29, 0.717) is 23.5 Å². The van der Waals surface area contributed by atoms with Crippen LogP contribution in [0.4, 0.5) is 11.4 Å². The van der Waals surface area contributed by atoms with Crippen LogP contribution in [0.2, 0.25) is 0 Å². The standard InChI is InChI=1S/C11H15N3O3/c1-17-10(15)4-5-14-9-6-7(11(13)16)2-3-8(9)12/h2-3,6,14H,4-5,12H2,1H3,(H2,13,16). The number of nitrogens with one attached hydrogen (secondary N) is 1. The van der Waals surface area contributed by atoms with Crippen LogP contribution in [0.15, 0.2) is 18.2 Å². The first kappa shape index (κ1) is 12.8. The number of anilines is 2. The first-order valence-electron chi connectivity index (χ1n) is 5.04. The first-order valence-corrected chi connectivity index (χ1v) is 5.04. The smallest absolute Gasteiger partial charge is 0.307 e. The first-order chi connectivity index (χ1) is 8.04. The van der Waals surface area contributed by atoms with Crippen molar-refractivity contribution in [3.05, 3.63) is 23.8 Å². The molecule has 0 aliphatic carbocycles. The van der Waals surface area contributed by atoms with Crippen molar-refractivity contribution in [1.82, 2.24) is 0 Å². The second-order valence-corrected chi connectivity index (χ2v) is 3.42. The van der Waals surface area contributed by atoms with Crippen molar-refractivity contribution in [3.63, 3.8) is 0 Å². The molecule has 0 saturated carbocycles. The second-order valence-electron chi connectivity index (χ2n) is 3.42. The van der Waals surface area contributed by atoms with E-state index >= 15 is 0 Å². The van der Waals surface area contributed by atoms with Gasteiger partial charge in [0.2, 0.25) is 5.91 Å². The van der Waals surface area contributed by atoms with Crippen LogP contribution in [0.5, 0.6) is 0 Å². The van der Waals surface area contributed by atoms with Crippen LogP contribution in [-0.2, 0) is 9.53 Å². The van der Waals surface area contributed by atoms with Gasteiger partial charge in [0.05, 0.1) is 24.9 Å². The average molecular weight is 237 g/mol. The summed E-state index contributed by atoms with van der Waals surface area (Å²) in [6.07, 6.45) is 0.219. The number of carbonyl (C=O) groups is 2. The highest BCUT2D eigenvalue weighted by molar-refractivity contribution is 5.94. The molecule has 6 heteroatoms. The van der Waals surface area contributed by atoms with E-state index in [0.717, 1.165) is 0 Å². The Hall–Kier alpha value is -2.24. The Kier molecular flexibility index (Phi) is 4.33. The Bertz CT molecular complexity index is 432. The summed E-state index contributed by atoms with van der Waals surface area (Å²) < 4.78 is 4.50. The maximum atomic E-state index is 11.0. The fourth-order valence-electron chi connectivity index (χ4n) is 1.26. The molecular weight excluding hydrogens is 222 g/mol. The maximum absolute atomic E-state index is 11.0. The molecule has 1 aromatic rings. The molecule has 0 atom stereocenters. The predicted octanol–water partition coefficient (Wildman–Crippen LogP) is 0.343. The quantitative estimate of drug-likeness (QED) is 0.505. The molecule has 0 spiro atoms. The number of carbonyl (C=O) groups excluding carboxylic acids is 2. The van der Waals surface area contributed by atoms with Gasteiger partial charge in [-0.15, -0.1) is 0 Å². The summed E-state index contributed by atoms with van der Waals surface area (Å²) in [6, 6.07) is 4.68. The third-order valence-electron chi connectivity index (χ3n) is 2.21. The van der Waals surface area contributed by atoms with Gasteiger partial charge < -0.3 is 21.5 Å². The molecule has 1 aromatic carbocycles. The highest BCUT2D eigenvalue weighted by Crippen LogP contribution is 2.19. The van der Waals surface area contributed by atoms with E-state index in [9.17, 15) is 9.59 Å². The molecule has 0 unspecified atom stereocenters. The van der Waals surface area contributed by atoms with Crippen LogP contribution >= 0.6 is 0 Å². The van der Waals surface area contributed by atoms with Gasteiger partial charge in [0.25, 0.3) is 0 Å². The van der Waals surface area contributed by atoms with Gasteiger partial charge in [-0.05, 0) is 18.2 Å². The second kappa shape index (κ2) is 5.74. The highest BCUT2D eigenvalue weighted by Gasteiger charge is 2.06. The molecule has 17 heavy (non-hydrogen) atoms.